The second-order valence-electron chi connectivity index (χ2n) is 5.79. The van der Waals surface area contributed by atoms with Crippen LogP contribution in [0.15, 0.2) is 42.5 Å². The number of aryl methyl sites for hydroxylation is 1. The SMILES string of the molecule is Cc1cccc(C(C)C)c1NC(=O)CCOc1ccc(Cl)cc1. The monoisotopic (exact) mass is 331 g/mol. The van der Waals surface area contributed by atoms with Gasteiger partial charge in [-0.2, -0.15) is 0 Å². The van der Waals surface area contributed by atoms with Gasteiger partial charge in [-0.25, -0.2) is 0 Å². The van der Waals surface area contributed by atoms with Gasteiger partial charge in [-0.05, 0) is 48.2 Å². The van der Waals surface area contributed by atoms with Crippen LogP contribution >= 0.6 is 11.6 Å². The Labute approximate surface area is 142 Å². The van der Waals surface area contributed by atoms with Crippen LogP contribution in [0.25, 0.3) is 0 Å². The predicted octanol–water partition coefficient (Wildman–Crippen LogP) is 5.18. The van der Waals surface area contributed by atoms with Gasteiger partial charge in [-0.1, -0.05) is 43.6 Å². The molecule has 1 amide bonds. The van der Waals surface area contributed by atoms with Crippen LogP contribution in [0.3, 0.4) is 0 Å². The highest BCUT2D eigenvalue weighted by Gasteiger charge is 2.12. The van der Waals surface area contributed by atoms with E-state index in [1.165, 1.54) is 0 Å². The van der Waals surface area contributed by atoms with Gasteiger partial charge in [0, 0.05) is 10.7 Å². The Morgan fingerprint density at radius 2 is 1.87 bits per heavy atom. The molecule has 0 heterocycles. The molecule has 0 saturated heterocycles. The van der Waals surface area contributed by atoms with Crippen molar-refractivity contribution in [2.45, 2.75) is 33.1 Å². The summed E-state index contributed by atoms with van der Waals surface area (Å²) in [5, 5.41) is 3.68. The number of ether oxygens (including phenoxy) is 1. The van der Waals surface area contributed by atoms with Crippen molar-refractivity contribution in [1.29, 1.82) is 0 Å². The number of rotatable bonds is 6. The minimum Gasteiger partial charge on any atom is -0.493 e. The van der Waals surface area contributed by atoms with Gasteiger partial charge in [0.05, 0.1) is 13.0 Å². The molecule has 0 unspecified atom stereocenters. The zero-order valence-electron chi connectivity index (χ0n) is 13.7. The second-order valence-corrected chi connectivity index (χ2v) is 6.23. The molecular weight excluding hydrogens is 310 g/mol. The van der Waals surface area contributed by atoms with Crippen LogP contribution in [0.5, 0.6) is 5.75 Å². The number of hydrogen-bond acceptors (Lipinski definition) is 2. The molecule has 0 radical (unpaired) electrons. The number of carbonyl (C=O) groups is 1. The molecule has 0 saturated carbocycles. The highest BCUT2D eigenvalue weighted by atomic mass is 35.5. The molecule has 1 N–H and O–H groups in total. The molecule has 0 bridgehead atoms. The maximum atomic E-state index is 12.2. The van der Waals surface area contributed by atoms with Crippen molar-refractivity contribution < 1.29 is 9.53 Å². The molecule has 0 aromatic heterocycles. The zero-order valence-corrected chi connectivity index (χ0v) is 14.5. The summed E-state index contributed by atoms with van der Waals surface area (Å²) in [4.78, 5) is 12.2. The summed E-state index contributed by atoms with van der Waals surface area (Å²) in [5.74, 6) is 1.02. The van der Waals surface area contributed by atoms with E-state index in [-0.39, 0.29) is 5.91 Å². The number of para-hydroxylation sites is 1. The summed E-state index contributed by atoms with van der Waals surface area (Å²) < 4.78 is 5.56. The summed E-state index contributed by atoms with van der Waals surface area (Å²) in [5.41, 5.74) is 3.14. The fraction of sp³-hybridized carbons (Fsp3) is 0.316. The third-order valence-electron chi connectivity index (χ3n) is 3.60. The van der Waals surface area contributed by atoms with Crippen molar-refractivity contribution in [1.82, 2.24) is 0 Å². The smallest absolute Gasteiger partial charge is 0.227 e. The van der Waals surface area contributed by atoms with Crippen LogP contribution < -0.4 is 10.1 Å². The van der Waals surface area contributed by atoms with E-state index in [1.54, 1.807) is 24.3 Å². The van der Waals surface area contributed by atoms with Crippen LogP contribution in [0.1, 0.15) is 37.3 Å². The zero-order chi connectivity index (χ0) is 16.8. The highest BCUT2D eigenvalue weighted by molar-refractivity contribution is 6.30. The fourth-order valence-corrected chi connectivity index (χ4v) is 2.46. The van der Waals surface area contributed by atoms with E-state index in [2.05, 4.69) is 25.2 Å². The van der Waals surface area contributed by atoms with Crippen LogP contribution in [-0.4, -0.2) is 12.5 Å². The van der Waals surface area contributed by atoms with Crippen molar-refractivity contribution >= 4 is 23.2 Å². The van der Waals surface area contributed by atoms with Crippen molar-refractivity contribution in [3.63, 3.8) is 0 Å². The van der Waals surface area contributed by atoms with Gasteiger partial charge in [0.25, 0.3) is 0 Å². The van der Waals surface area contributed by atoms with E-state index in [0.29, 0.717) is 29.7 Å². The average Bonchev–Trinajstić information content (AvgIpc) is 2.51. The summed E-state index contributed by atoms with van der Waals surface area (Å²) in [6, 6.07) is 13.2. The average molecular weight is 332 g/mol. The molecule has 4 heteroatoms. The Hall–Kier alpha value is -2.00. The topological polar surface area (TPSA) is 38.3 Å². The predicted molar refractivity (Wildman–Crippen MR) is 95.5 cm³/mol. The molecule has 0 aliphatic carbocycles. The normalized spacial score (nSPS) is 10.7. The number of amides is 1. The fourth-order valence-electron chi connectivity index (χ4n) is 2.34. The van der Waals surface area contributed by atoms with Gasteiger partial charge in [0.2, 0.25) is 5.91 Å². The maximum Gasteiger partial charge on any atom is 0.227 e. The number of hydrogen-bond donors (Lipinski definition) is 1. The lowest BCUT2D eigenvalue weighted by Crippen LogP contribution is -2.17. The lowest BCUT2D eigenvalue weighted by atomic mass is 9.98. The summed E-state index contributed by atoms with van der Waals surface area (Å²) >= 11 is 5.82. The van der Waals surface area contributed by atoms with E-state index >= 15 is 0 Å². The lowest BCUT2D eigenvalue weighted by molar-refractivity contribution is -0.116. The van der Waals surface area contributed by atoms with E-state index in [1.807, 2.05) is 19.1 Å². The molecule has 0 atom stereocenters. The molecule has 0 fully saturated rings. The Kier molecular flexibility index (Phi) is 6.05. The van der Waals surface area contributed by atoms with E-state index in [4.69, 9.17) is 16.3 Å². The van der Waals surface area contributed by atoms with E-state index in [0.717, 1.165) is 16.8 Å². The molecule has 0 aliphatic rings. The first kappa shape index (κ1) is 17.4. The van der Waals surface area contributed by atoms with Crippen molar-refractivity contribution in [2.75, 3.05) is 11.9 Å². The van der Waals surface area contributed by atoms with E-state index in [9.17, 15) is 4.79 Å². The second kappa shape index (κ2) is 8.02. The molecule has 122 valence electrons. The standard InChI is InChI=1S/C19H22ClNO2/c1-13(2)17-6-4-5-14(3)19(17)21-18(22)11-12-23-16-9-7-15(20)8-10-16/h4-10,13H,11-12H2,1-3H3,(H,21,22). The molecule has 0 aliphatic heterocycles. The van der Waals surface area contributed by atoms with E-state index < -0.39 is 0 Å². The molecule has 2 rings (SSSR count). The molecule has 3 nitrogen and oxygen atoms in total. The first-order valence-corrected chi connectivity index (χ1v) is 8.13. The Morgan fingerprint density at radius 3 is 2.52 bits per heavy atom. The van der Waals surface area contributed by atoms with Crippen LogP contribution in [0, 0.1) is 6.92 Å². The maximum absolute atomic E-state index is 12.2. The quantitative estimate of drug-likeness (QED) is 0.792. The molecular formula is C19H22ClNO2. The first-order chi connectivity index (χ1) is 11.0. The van der Waals surface area contributed by atoms with Crippen molar-refractivity contribution in [3.05, 3.63) is 58.6 Å². The largest absolute Gasteiger partial charge is 0.493 e. The van der Waals surface area contributed by atoms with Gasteiger partial charge in [0.1, 0.15) is 5.75 Å². The van der Waals surface area contributed by atoms with Gasteiger partial charge in [0.15, 0.2) is 0 Å². The number of nitrogens with one attached hydrogen (secondary N) is 1. The minimum absolute atomic E-state index is 0.0461. The Bertz CT molecular complexity index is 666. The highest BCUT2D eigenvalue weighted by Crippen LogP contribution is 2.27. The molecule has 2 aromatic rings. The van der Waals surface area contributed by atoms with Crippen molar-refractivity contribution in [2.24, 2.45) is 0 Å². The number of anilines is 1. The van der Waals surface area contributed by atoms with Crippen LogP contribution in [-0.2, 0) is 4.79 Å². The lowest BCUT2D eigenvalue weighted by Gasteiger charge is -2.16. The van der Waals surface area contributed by atoms with Gasteiger partial charge >= 0.3 is 0 Å². The minimum atomic E-state index is -0.0461. The summed E-state index contributed by atoms with van der Waals surface area (Å²) in [6.45, 7) is 6.57. The number of benzene rings is 2. The first-order valence-electron chi connectivity index (χ1n) is 7.75. The van der Waals surface area contributed by atoms with Gasteiger partial charge < -0.3 is 10.1 Å². The number of halogens is 1. The van der Waals surface area contributed by atoms with Crippen molar-refractivity contribution in [3.8, 4) is 5.75 Å². The number of carbonyl (C=O) groups excluding carboxylic acids is 1. The molecule has 23 heavy (non-hydrogen) atoms. The van der Waals surface area contributed by atoms with Crippen LogP contribution in [0.4, 0.5) is 5.69 Å². The molecule has 0 spiro atoms. The van der Waals surface area contributed by atoms with Gasteiger partial charge in [-0.15, -0.1) is 0 Å². The summed E-state index contributed by atoms with van der Waals surface area (Å²) in [7, 11) is 0. The Balaban J connectivity index is 1.91. The third kappa shape index (κ3) is 5.00. The Morgan fingerprint density at radius 1 is 1.17 bits per heavy atom. The summed E-state index contributed by atoms with van der Waals surface area (Å²) in [6.07, 6.45) is 0.300. The molecule has 2 aromatic carbocycles. The van der Waals surface area contributed by atoms with Gasteiger partial charge in [-0.3, -0.25) is 4.79 Å². The van der Waals surface area contributed by atoms with Crippen LogP contribution in [0.2, 0.25) is 5.02 Å². The third-order valence-corrected chi connectivity index (χ3v) is 3.85.